The molecule has 1 aromatic carbocycles. The van der Waals surface area contributed by atoms with Gasteiger partial charge in [-0.05, 0) is 18.2 Å². The first-order valence-corrected chi connectivity index (χ1v) is 4.37. The van der Waals surface area contributed by atoms with Crippen LogP contribution in [-0.2, 0) is 4.79 Å². The summed E-state index contributed by atoms with van der Waals surface area (Å²) in [6.45, 7) is -0.0341. The molecule has 2 N–H and O–H groups in total. The molecule has 1 aromatic rings. The number of hydrogen-bond donors (Lipinski definition) is 2. The molecular formula is C10H12FNO3. The van der Waals surface area contributed by atoms with Gasteiger partial charge in [0.1, 0.15) is 11.6 Å². The number of benzene rings is 1. The van der Waals surface area contributed by atoms with Crippen molar-refractivity contribution in [3.63, 3.8) is 0 Å². The van der Waals surface area contributed by atoms with Crippen LogP contribution in [0, 0.1) is 5.82 Å². The minimum absolute atomic E-state index is 0.0341. The summed E-state index contributed by atoms with van der Waals surface area (Å²) in [5, 5.41) is 11.8. The van der Waals surface area contributed by atoms with E-state index in [4.69, 9.17) is 4.74 Å². The predicted molar refractivity (Wildman–Crippen MR) is 52.0 cm³/mol. The Morgan fingerprint density at radius 2 is 2.40 bits per heavy atom. The van der Waals surface area contributed by atoms with Crippen LogP contribution < -0.4 is 10.1 Å². The minimum Gasteiger partial charge on any atom is -0.497 e. The van der Waals surface area contributed by atoms with Crippen LogP contribution in [-0.4, -0.2) is 25.2 Å². The molecule has 0 spiro atoms. The summed E-state index contributed by atoms with van der Waals surface area (Å²) in [7, 11) is 1.45. The molecule has 0 fully saturated rings. The smallest absolute Gasteiger partial charge is 0.207 e. The van der Waals surface area contributed by atoms with Crippen molar-refractivity contribution in [2.24, 2.45) is 0 Å². The number of rotatable bonds is 5. The van der Waals surface area contributed by atoms with Crippen LogP contribution in [0.25, 0.3) is 0 Å². The van der Waals surface area contributed by atoms with E-state index < -0.39 is 11.9 Å². The van der Waals surface area contributed by atoms with E-state index in [1.807, 2.05) is 0 Å². The molecule has 0 aliphatic heterocycles. The van der Waals surface area contributed by atoms with Gasteiger partial charge in [-0.15, -0.1) is 0 Å². The SMILES string of the molecule is COc1ccc(F)c([C@H](O)CNC=O)c1. The summed E-state index contributed by atoms with van der Waals surface area (Å²) in [4.78, 5) is 10.0. The maximum Gasteiger partial charge on any atom is 0.207 e. The zero-order valence-electron chi connectivity index (χ0n) is 8.24. The third-order valence-electron chi connectivity index (χ3n) is 1.96. The molecule has 82 valence electrons. The molecular weight excluding hydrogens is 201 g/mol. The molecule has 1 atom stereocenters. The van der Waals surface area contributed by atoms with Gasteiger partial charge in [0.25, 0.3) is 0 Å². The second kappa shape index (κ2) is 5.31. The summed E-state index contributed by atoms with van der Waals surface area (Å²) in [5.41, 5.74) is 0.101. The molecule has 0 aromatic heterocycles. The molecule has 0 heterocycles. The third kappa shape index (κ3) is 2.92. The largest absolute Gasteiger partial charge is 0.497 e. The Kier molecular flexibility index (Phi) is 4.05. The molecule has 0 saturated carbocycles. The van der Waals surface area contributed by atoms with Gasteiger partial charge in [0.05, 0.1) is 13.2 Å². The van der Waals surface area contributed by atoms with E-state index >= 15 is 0 Å². The van der Waals surface area contributed by atoms with Crippen molar-refractivity contribution in [3.05, 3.63) is 29.6 Å². The highest BCUT2D eigenvalue weighted by Gasteiger charge is 2.13. The van der Waals surface area contributed by atoms with Crippen LogP contribution in [0.2, 0.25) is 0 Å². The monoisotopic (exact) mass is 213 g/mol. The van der Waals surface area contributed by atoms with Crippen LogP contribution in [0.5, 0.6) is 5.75 Å². The zero-order chi connectivity index (χ0) is 11.3. The molecule has 0 radical (unpaired) electrons. The van der Waals surface area contributed by atoms with Gasteiger partial charge in [0.2, 0.25) is 6.41 Å². The van der Waals surface area contributed by atoms with Crippen LogP contribution in [0.1, 0.15) is 11.7 Å². The standard InChI is InChI=1S/C10H12FNO3/c1-15-7-2-3-9(11)8(4-7)10(14)5-12-6-13/h2-4,6,10,14H,5H2,1H3,(H,12,13)/t10-/m1/s1. The fraction of sp³-hybridized carbons (Fsp3) is 0.300. The summed E-state index contributed by atoms with van der Waals surface area (Å²) in [6.07, 6.45) is -0.633. The average molecular weight is 213 g/mol. The molecule has 1 amide bonds. The quantitative estimate of drug-likeness (QED) is 0.705. The van der Waals surface area contributed by atoms with Crippen LogP contribution in [0.3, 0.4) is 0 Å². The van der Waals surface area contributed by atoms with E-state index in [0.717, 1.165) is 0 Å². The van der Waals surface area contributed by atoms with Gasteiger partial charge in [0.15, 0.2) is 0 Å². The van der Waals surface area contributed by atoms with Gasteiger partial charge in [-0.2, -0.15) is 0 Å². The molecule has 15 heavy (non-hydrogen) atoms. The Labute approximate surface area is 86.7 Å². The van der Waals surface area contributed by atoms with Crippen molar-refractivity contribution >= 4 is 6.41 Å². The highest BCUT2D eigenvalue weighted by Crippen LogP contribution is 2.21. The Morgan fingerprint density at radius 3 is 3.00 bits per heavy atom. The Hall–Kier alpha value is -1.62. The van der Waals surface area contributed by atoms with Gasteiger partial charge in [0, 0.05) is 12.1 Å². The lowest BCUT2D eigenvalue weighted by Gasteiger charge is -2.12. The summed E-state index contributed by atoms with van der Waals surface area (Å²) >= 11 is 0. The first kappa shape index (κ1) is 11.5. The Balaban J connectivity index is 2.85. The summed E-state index contributed by atoms with van der Waals surface area (Å²) in [6, 6.07) is 4.06. The number of methoxy groups -OCH3 is 1. The van der Waals surface area contributed by atoms with Gasteiger partial charge in [-0.25, -0.2) is 4.39 Å². The number of ether oxygens (including phenoxy) is 1. The highest BCUT2D eigenvalue weighted by atomic mass is 19.1. The van der Waals surface area contributed by atoms with Crippen molar-refractivity contribution < 1.29 is 19.0 Å². The molecule has 0 unspecified atom stereocenters. The second-order valence-corrected chi connectivity index (χ2v) is 2.93. The van der Waals surface area contributed by atoms with E-state index in [9.17, 15) is 14.3 Å². The third-order valence-corrected chi connectivity index (χ3v) is 1.96. The molecule has 0 bridgehead atoms. The summed E-state index contributed by atoms with van der Waals surface area (Å²) in [5.74, 6) is -0.0763. The molecule has 4 nitrogen and oxygen atoms in total. The van der Waals surface area contributed by atoms with Gasteiger partial charge < -0.3 is 15.2 Å². The van der Waals surface area contributed by atoms with E-state index in [1.54, 1.807) is 0 Å². The van der Waals surface area contributed by atoms with E-state index in [1.165, 1.54) is 25.3 Å². The van der Waals surface area contributed by atoms with Crippen molar-refractivity contribution in [2.75, 3.05) is 13.7 Å². The minimum atomic E-state index is -1.08. The van der Waals surface area contributed by atoms with Crippen LogP contribution in [0.4, 0.5) is 4.39 Å². The van der Waals surface area contributed by atoms with E-state index in [0.29, 0.717) is 12.2 Å². The van der Waals surface area contributed by atoms with Crippen LogP contribution in [0.15, 0.2) is 18.2 Å². The first-order chi connectivity index (χ1) is 7.19. The Bertz CT molecular complexity index is 343. The van der Waals surface area contributed by atoms with Crippen molar-refractivity contribution in [2.45, 2.75) is 6.10 Å². The summed E-state index contributed by atoms with van der Waals surface area (Å²) < 4.78 is 18.1. The number of aliphatic hydroxyl groups excluding tert-OH is 1. The maximum atomic E-state index is 13.3. The lowest BCUT2D eigenvalue weighted by Crippen LogP contribution is -2.20. The number of aliphatic hydroxyl groups is 1. The number of carbonyl (C=O) groups excluding carboxylic acids is 1. The zero-order valence-corrected chi connectivity index (χ0v) is 8.24. The fourth-order valence-electron chi connectivity index (χ4n) is 1.17. The van der Waals surface area contributed by atoms with E-state index in [2.05, 4.69) is 5.32 Å². The number of halogens is 1. The number of amides is 1. The Morgan fingerprint density at radius 1 is 1.67 bits per heavy atom. The molecule has 1 rings (SSSR count). The van der Waals surface area contributed by atoms with Crippen LogP contribution >= 0.6 is 0 Å². The number of carbonyl (C=O) groups is 1. The van der Waals surface area contributed by atoms with Gasteiger partial charge in [-0.3, -0.25) is 4.79 Å². The van der Waals surface area contributed by atoms with Crippen molar-refractivity contribution in [1.82, 2.24) is 5.32 Å². The fourth-order valence-corrected chi connectivity index (χ4v) is 1.17. The normalized spacial score (nSPS) is 11.9. The predicted octanol–water partition coefficient (Wildman–Crippen LogP) is 0.614. The second-order valence-electron chi connectivity index (χ2n) is 2.93. The van der Waals surface area contributed by atoms with Crippen molar-refractivity contribution in [3.8, 4) is 5.75 Å². The van der Waals surface area contributed by atoms with Gasteiger partial charge >= 0.3 is 0 Å². The van der Waals surface area contributed by atoms with Crippen molar-refractivity contribution in [1.29, 1.82) is 0 Å². The average Bonchev–Trinajstić information content (AvgIpc) is 2.26. The van der Waals surface area contributed by atoms with Gasteiger partial charge in [-0.1, -0.05) is 0 Å². The molecule has 5 heteroatoms. The highest BCUT2D eigenvalue weighted by molar-refractivity contribution is 5.46. The first-order valence-electron chi connectivity index (χ1n) is 4.37. The lowest BCUT2D eigenvalue weighted by molar-refractivity contribution is -0.110. The topological polar surface area (TPSA) is 58.6 Å². The lowest BCUT2D eigenvalue weighted by atomic mass is 10.1. The number of nitrogens with one attached hydrogen (secondary N) is 1. The molecule has 0 aliphatic rings. The molecule has 0 aliphatic carbocycles. The van der Waals surface area contributed by atoms with E-state index in [-0.39, 0.29) is 12.1 Å². The maximum absolute atomic E-state index is 13.3. The number of hydrogen-bond acceptors (Lipinski definition) is 3. The molecule has 0 saturated heterocycles.